The highest BCUT2D eigenvalue weighted by atomic mass is 16.1. The van der Waals surface area contributed by atoms with Crippen molar-refractivity contribution in [2.45, 2.75) is 18.9 Å². The number of nitrogens with two attached hydrogens (primary N) is 1. The summed E-state index contributed by atoms with van der Waals surface area (Å²) in [4.78, 5) is 19.5. The molecule has 0 aliphatic carbocycles. The molecule has 0 bridgehead atoms. The van der Waals surface area contributed by atoms with Crippen molar-refractivity contribution in [2.75, 3.05) is 29.4 Å². The molecule has 1 aromatic heterocycles. The fraction of sp³-hybridized carbons (Fsp3) is 0.286. The van der Waals surface area contributed by atoms with E-state index in [4.69, 9.17) is 5.73 Å². The second-order valence-corrected chi connectivity index (χ2v) is 6.88. The first-order valence-electron chi connectivity index (χ1n) is 9.13. The molecule has 1 atom stereocenters. The van der Waals surface area contributed by atoms with Crippen LogP contribution in [0.5, 0.6) is 0 Å². The number of primary amides is 1. The third kappa shape index (κ3) is 3.38. The van der Waals surface area contributed by atoms with Gasteiger partial charge in [-0.3, -0.25) is 4.79 Å². The van der Waals surface area contributed by atoms with Crippen LogP contribution in [0, 0.1) is 0 Å². The number of anilines is 2. The quantitative estimate of drug-likeness (QED) is 0.744. The van der Waals surface area contributed by atoms with E-state index in [-0.39, 0.29) is 11.9 Å². The minimum atomic E-state index is -0.235. The van der Waals surface area contributed by atoms with E-state index in [0.29, 0.717) is 6.42 Å². The van der Waals surface area contributed by atoms with Gasteiger partial charge in [-0.15, -0.1) is 0 Å². The Hall–Kier alpha value is -2.95. The largest absolute Gasteiger partial charge is 0.370 e. The number of hydrogen-bond donors (Lipinski definition) is 2. The Morgan fingerprint density at radius 2 is 1.92 bits per heavy atom. The number of rotatable bonds is 5. The first kappa shape index (κ1) is 16.5. The lowest BCUT2D eigenvalue weighted by atomic mass is 10.0. The average molecular weight is 348 g/mol. The number of fused-ring (bicyclic) bond motifs is 1. The number of piperazine rings is 1. The molecular formula is C21H24N4O. The van der Waals surface area contributed by atoms with Gasteiger partial charge in [-0.2, -0.15) is 0 Å². The summed E-state index contributed by atoms with van der Waals surface area (Å²) >= 11 is 0. The van der Waals surface area contributed by atoms with Crippen LogP contribution >= 0.6 is 0 Å². The summed E-state index contributed by atoms with van der Waals surface area (Å²) in [6.45, 7) is 2.77. The number of benzene rings is 2. The molecular weight excluding hydrogens is 324 g/mol. The third-order valence-corrected chi connectivity index (χ3v) is 5.20. The Kier molecular flexibility index (Phi) is 4.52. The average Bonchev–Trinajstić information content (AvgIpc) is 3.14. The van der Waals surface area contributed by atoms with Crippen LogP contribution in [0.1, 0.15) is 12.8 Å². The number of nitrogens with zero attached hydrogens (tertiary/aromatic N) is 2. The molecule has 1 aliphatic heterocycles. The maximum atomic E-state index is 11.4. The van der Waals surface area contributed by atoms with Crippen molar-refractivity contribution in [1.29, 1.82) is 0 Å². The van der Waals surface area contributed by atoms with Gasteiger partial charge >= 0.3 is 0 Å². The monoisotopic (exact) mass is 348 g/mol. The second kappa shape index (κ2) is 7.12. The van der Waals surface area contributed by atoms with Crippen LogP contribution in [0.2, 0.25) is 0 Å². The van der Waals surface area contributed by atoms with Gasteiger partial charge in [0.05, 0.1) is 0 Å². The second-order valence-electron chi connectivity index (χ2n) is 6.88. The van der Waals surface area contributed by atoms with Gasteiger partial charge in [0.25, 0.3) is 0 Å². The first-order chi connectivity index (χ1) is 12.7. The van der Waals surface area contributed by atoms with E-state index in [9.17, 15) is 4.79 Å². The molecule has 0 spiro atoms. The summed E-state index contributed by atoms with van der Waals surface area (Å²) in [6.07, 6.45) is 3.14. The van der Waals surface area contributed by atoms with Gasteiger partial charge in [-0.25, -0.2) is 0 Å². The highest BCUT2D eigenvalue weighted by molar-refractivity contribution is 5.83. The molecule has 1 aliphatic rings. The smallest absolute Gasteiger partial charge is 0.217 e. The number of carbonyl (C=O) groups excluding carboxylic acids is 1. The van der Waals surface area contributed by atoms with E-state index in [1.54, 1.807) is 0 Å². The lowest BCUT2D eigenvalue weighted by Crippen LogP contribution is -2.53. The number of H-pyrrole nitrogens is 1. The molecule has 134 valence electrons. The number of nitrogens with one attached hydrogen (secondary N) is 1. The van der Waals surface area contributed by atoms with Crippen molar-refractivity contribution in [2.24, 2.45) is 5.73 Å². The lowest BCUT2D eigenvalue weighted by Gasteiger charge is -2.44. The molecule has 0 radical (unpaired) electrons. The van der Waals surface area contributed by atoms with Gasteiger partial charge in [0.1, 0.15) is 0 Å². The van der Waals surface area contributed by atoms with Crippen molar-refractivity contribution in [3.63, 3.8) is 0 Å². The number of aromatic nitrogens is 1. The fourth-order valence-corrected chi connectivity index (χ4v) is 3.84. The molecule has 2 aromatic carbocycles. The number of aromatic amines is 1. The van der Waals surface area contributed by atoms with Crippen LogP contribution in [0.25, 0.3) is 10.9 Å². The van der Waals surface area contributed by atoms with Crippen molar-refractivity contribution in [3.8, 4) is 0 Å². The van der Waals surface area contributed by atoms with E-state index in [1.165, 1.54) is 16.8 Å². The van der Waals surface area contributed by atoms with Crippen LogP contribution in [-0.4, -0.2) is 36.6 Å². The Labute approximate surface area is 153 Å². The summed E-state index contributed by atoms with van der Waals surface area (Å²) in [5, 5.41) is 1.21. The zero-order valence-electron chi connectivity index (χ0n) is 14.8. The standard InChI is InChI=1S/C21H24N4O/c22-21(26)9-8-19-15-24(17-4-2-1-3-5-17)12-13-25(19)18-7-6-16-10-11-23-20(16)14-18/h1-7,10-11,14,19,23H,8-9,12-13,15H2,(H2,22,26). The molecule has 4 rings (SSSR count). The highest BCUT2D eigenvalue weighted by Crippen LogP contribution is 2.28. The van der Waals surface area contributed by atoms with Crippen LogP contribution in [0.3, 0.4) is 0 Å². The van der Waals surface area contributed by atoms with E-state index < -0.39 is 0 Å². The molecule has 1 fully saturated rings. The molecule has 1 unspecified atom stereocenters. The summed E-state index contributed by atoms with van der Waals surface area (Å²) < 4.78 is 0. The van der Waals surface area contributed by atoms with Crippen molar-refractivity contribution in [1.82, 2.24) is 4.98 Å². The van der Waals surface area contributed by atoms with Crippen LogP contribution < -0.4 is 15.5 Å². The molecule has 26 heavy (non-hydrogen) atoms. The van der Waals surface area contributed by atoms with Crippen molar-refractivity contribution >= 4 is 28.2 Å². The summed E-state index contributed by atoms with van der Waals surface area (Å²) in [6, 6.07) is 19.3. The van der Waals surface area contributed by atoms with E-state index >= 15 is 0 Å². The summed E-state index contributed by atoms with van der Waals surface area (Å²) in [7, 11) is 0. The maximum absolute atomic E-state index is 11.4. The molecule has 3 N–H and O–H groups in total. The molecule has 1 amide bonds. The Bertz CT molecular complexity index is 889. The van der Waals surface area contributed by atoms with Gasteiger partial charge < -0.3 is 20.5 Å². The van der Waals surface area contributed by atoms with Crippen molar-refractivity contribution < 1.29 is 4.79 Å². The first-order valence-corrected chi connectivity index (χ1v) is 9.13. The Morgan fingerprint density at radius 1 is 1.08 bits per heavy atom. The Morgan fingerprint density at radius 3 is 2.73 bits per heavy atom. The lowest BCUT2D eigenvalue weighted by molar-refractivity contribution is -0.118. The third-order valence-electron chi connectivity index (χ3n) is 5.20. The molecule has 5 nitrogen and oxygen atoms in total. The number of hydrogen-bond acceptors (Lipinski definition) is 3. The predicted molar refractivity (Wildman–Crippen MR) is 107 cm³/mol. The van der Waals surface area contributed by atoms with Crippen LogP contribution in [0.4, 0.5) is 11.4 Å². The van der Waals surface area contributed by atoms with Gasteiger partial charge in [0.15, 0.2) is 0 Å². The predicted octanol–water partition coefficient (Wildman–Crippen LogP) is 3.13. The number of para-hydroxylation sites is 1. The maximum Gasteiger partial charge on any atom is 0.217 e. The number of amides is 1. The van der Waals surface area contributed by atoms with Gasteiger partial charge in [0, 0.05) is 55.2 Å². The van der Waals surface area contributed by atoms with Gasteiger partial charge in [-0.1, -0.05) is 24.3 Å². The topological polar surface area (TPSA) is 65.4 Å². The van der Waals surface area contributed by atoms with Crippen LogP contribution in [-0.2, 0) is 4.79 Å². The summed E-state index contributed by atoms with van der Waals surface area (Å²) in [5.74, 6) is -0.235. The minimum Gasteiger partial charge on any atom is -0.370 e. The zero-order chi connectivity index (χ0) is 17.9. The van der Waals surface area contributed by atoms with Gasteiger partial charge in [0.2, 0.25) is 5.91 Å². The fourth-order valence-electron chi connectivity index (χ4n) is 3.84. The normalized spacial score (nSPS) is 17.6. The van der Waals surface area contributed by atoms with E-state index in [1.807, 2.05) is 12.3 Å². The molecule has 5 heteroatoms. The van der Waals surface area contributed by atoms with Crippen LogP contribution in [0.15, 0.2) is 60.8 Å². The zero-order valence-corrected chi connectivity index (χ0v) is 14.8. The van der Waals surface area contributed by atoms with Gasteiger partial charge in [-0.05, 0) is 42.1 Å². The van der Waals surface area contributed by atoms with Crippen molar-refractivity contribution in [3.05, 3.63) is 60.8 Å². The highest BCUT2D eigenvalue weighted by Gasteiger charge is 2.27. The SMILES string of the molecule is NC(=O)CCC1CN(c2ccccc2)CCN1c1ccc2cc[nH]c2c1. The Balaban J connectivity index is 1.59. The molecule has 2 heterocycles. The molecule has 1 saturated heterocycles. The minimum absolute atomic E-state index is 0.235. The van der Waals surface area contributed by atoms with E-state index in [0.717, 1.165) is 31.6 Å². The summed E-state index contributed by atoms with van der Waals surface area (Å²) in [5.41, 5.74) is 8.99. The number of carbonyl (C=O) groups is 1. The molecule has 0 saturated carbocycles. The van der Waals surface area contributed by atoms with E-state index in [2.05, 4.69) is 63.3 Å². The molecule has 3 aromatic rings.